The van der Waals surface area contributed by atoms with Crippen molar-refractivity contribution in [1.82, 2.24) is 0 Å². The molecule has 0 bridgehead atoms. The summed E-state index contributed by atoms with van der Waals surface area (Å²) in [5.41, 5.74) is 0.727. The van der Waals surface area contributed by atoms with Gasteiger partial charge in [0.25, 0.3) is 6.43 Å². The lowest BCUT2D eigenvalue weighted by Gasteiger charge is -2.08. The van der Waals surface area contributed by atoms with E-state index < -0.39 is 12.4 Å². The van der Waals surface area contributed by atoms with Crippen molar-refractivity contribution >= 4 is 21.9 Å². The van der Waals surface area contributed by atoms with Crippen LogP contribution in [0.3, 0.4) is 0 Å². The van der Waals surface area contributed by atoms with Gasteiger partial charge in [-0.05, 0) is 23.8 Å². The highest BCUT2D eigenvalue weighted by Crippen LogP contribution is 2.28. The van der Waals surface area contributed by atoms with Crippen LogP contribution in [0, 0.1) is 0 Å². The topological polar surface area (TPSA) is 26.3 Å². The fraction of sp³-hybridized carbons (Fsp3) is 0.133. The highest BCUT2D eigenvalue weighted by Gasteiger charge is 2.15. The van der Waals surface area contributed by atoms with Gasteiger partial charge in [-0.15, -0.1) is 0 Å². The monoisotopic (exact) mass is 340 g/mol. The molecule has 0 unspecified atom stereocenters. The first kappa shape index (κ1) is 14.7. The van der Waals surface area contributed by atoms with Gasteiger partial charge in [0, 0.05) is 10.0 Å². The van der Waals surface area contributed by atoms with Gasteiger partial charge >= 0.3 is 5.97 Å². The molecule has 2 rings (SSSR count). The van der Waals surface area contributed by atoms with Gasteiger partial charge in [0.1, 0.15) is 6.61 Å². The van der Waals surface area contributed by atoms with Crippen molar-refractivity contribution < 1.29 is 18.3 Å². The molecular weight excluding hydrogens is 330 g/mol. The number of carbonyl (C=O) groups is 1. The van der Waals surface area contributed by atoms with Crippen molar-refractivity contribution in [3.05, 3.63) is 69.7 Å². The van der Waals surface area contributed by atoms with Gasteiger partial charge in [0.2, 0.25) is 0 Å². The van der Waals surface area contributed by atoms with Gasteiger partial charge in [0.05, 0.1) is 5.56 Å². The summed E-state index contributed by atoms with van der Waals surface area (Å²) in [6, 6.07) is 13.2. The second kappa shape index (κ2) is 6.61. The van der Waals surface area contributed by atoms with Gasteiger partial charge in [0.15, 0.2) is 0 Å². The van der Waals surface area contributed by atoms with Crippen LogP contribution in [0.5, 0.6) is 0 Å². The molecule has 0 aliphatic heterocycles. The van der Waals surface area contributed by atoms with E-state index in [2.05, 4.69) is 15.9 Å². The molecule has 2 aromatic carbocycles. The maximum absolute atomic E-state index is 12.7. The lowest BCUT2D eigenvalue weighted by Crippen LogP contribution is -2.06. The van der Waals surface area contributed by atoms with Crippen LogP contribution in [-0.2, 0) is 11.3 Å². The minimum Gasteiger partial charge on any atom is -0.457 e. The Bertz CT molecular complexity index is 600. The molecule has 0 saturated heterocycles. The van der Waals surface area contributed by atoms with Gasteiger partial charge in [-0.2, -0.15) is 0 Å². The Balaban J connectivity index is 2.08. The molecule has 0 N–H and O–H groups in total. The first-order valence-corrected chi connectivity index (χ1v) is 6.66. The third kappa shape index (κ3) is 3.63. The van der Waals surface area contributed by atoms with E-state index in [-0.39, 0.29) is 22.2 Å². The van der Waals surface area contributed by atoms with Crippen molar-refractivity contribution in [2.24, 2.45) is 0 Å². The van der Waals surface area contributed by atoms with Crippen molar-refractivity contribution in [1.29, 1.82) is 0 Å². The number of hydrogen-bond donors (Lipinski definition) is 0. The number of halogens is 3. The van der Waals surface area contributed by atoms with Gasteiger partial charge in [-0.3, -0.25) is 0 Å². The molecule has 20 heavy (non-hydrogen) atoms. The molecule has 0 radical (unpaired) electrons. The van der Waals surface area contributed by atoms with Crippen LogP contribution in [0.1, 0.15) is 27.9 Å². The Labute approximate surface area is 123 Å². The summed E-state index contributed by atoms with van der Waals surface area (Å²) < 4.78 is 30.8. The molecule has 2 aromatic rings. The van der Waals surface area contributed by atoms with Crippen molar-refractivity contribution in [2.75, 3.05) is 0 Å². The maximum atomic E-state index is 12.7. The Morgan fingerprint density at radius 1 is 1.15 bits per heavy atom. The van der Waals surface area contributed by atoms with Gasteiger partial charge in [-0.1, -0.05) is 46.3 Å². The summed E-state index contributed by atoms with van der Waals surface area (Å²) in [4.78, 5) is 11.8. The minimum absolute atomic E-state index is 0.111. The Morgan fingerprint density at radius 2 is 1.85 bits per heavy atom. The zero-order chi connectivity index (χ0) is 14.5. The number of esters is 1. The molecule has 0 spiro atoms. The molecular formula is C15H11BrF2O2. The first-order valence-electron chi connectivity index (χ1n) is 5.86. The number of hydrogen-bond acceptors (Lipinski definition) is 2. The summed E-state index contributed by atoms with van der Waals surface area (Å²) in [6.07, 6.45) is -2.65. The molecule has 0 amide bonds. The number of benzene rings is 2. The smallest absolute Gasteiger partial charge is 0.338 e. The van der Waals surface area contributed by atoms with Crippen molar-refractivity contribution in [2.45, 2.75) is 13.0 Å². The fourth-order valence-electron chi connectivity index (χ4n) is 1.64. The quantitative estimate of drug-likeness (QED) is 0.751. The van der Waals surface area contributed by atoms with Crippen molar-refractivity contribution in [3.63, 3.8) is 0 Å². The number of rotatable bonds is 4. The van der Waals surface area contributed by atoms with E-state index in [0.29, 0.717) is 0 Å². The lowest BCUT2D eigenvalue weighted by molar-refractivity contribution is 0.0472. The van der Waals surface area contributed by atoms with Crippen LogP contribution in [-0.4, -0.2) is 5.97 Å². The van der Waals surface area contributed by atoms with E-state index >= 15 is 0 Å². The SMILES string of the molecule is O=C(OCc1ccccc1)c1ccc(Br)c(C(F)F)c1. The predicted octanol–water partition coefficient (Wildman–Crippen LogP) is 4.74. The average Bonchev–Trinajstić information content (AvgIpc) is 2.46. The van der Waals surface area contributed by atoms with Crippen LogP contribution >= 0.6 is 15.9 Å². The molecule has 0 saturated carbocycles. The van der Waals surface area contributed by atoms with Crippen LogP contribution < -0.4 is 0 Å². The molecule has 0 aliphatic carbocycles. The Hall–Kier alpha value is -1.75. The molecule has 0 aromatic heterocycles. The standard InChI is InChI=1S/C15H11BrF2O2/c16-13-7-6-11(8-12(13)14(17)18)15(19)20-9-10-4-2-1-3-5-10/h1-8,14H,9H2. The van der Waals surface area contributed by atoms with E-state index in [4.69, 9.17) is 4.74 Å². The van der Waals surface area contributed by atoms with Crippen molar-refractivity contribution in [3.8, 4) is 0 Å². The average molecular weight is 341 g/mol. The zero-order valence-corrected chi connectivity index (χ0v) is 11.9. The van der Waals surface area contributed by atoms with E-state index in [1.54, 1.807) is 0 Å². The molecule has 0 aliphatic rings. The lowest BCUT2D eigenvalue weighted by atomic mass is 10.1. The second-order valence-electron chi connectivity index (χ2n) is 4.10. The molecule has 0 heterocycles. The molecule has 104 valence electrons. The highest BCUT2D eigenvalue weighted by atomic mass is 79.9. The minimum atomic E-state index is -2.65. The summed E-state index contributed by atoms with van der Waals surface area (Å²) in [7, 11) is 0. The predicted molar refractivity (Wildman–Crippen MR) is 74.7 cm³/mol. The normalized spacial score (nSPS) is 10.6. The highest BCUT2D eigenvalue weighted by molar-refractivity contribution is 9.10. The van der Waals surface area contributed by atoms with E-state index in [9.17, 15) is 13.6 Å². The fourth-order valence-corrected chi connectivity index (χ4v) is 2.06. The first-order chi connectivity index (χ1) is 9.58. The van der Waals surface area contributed by atoms with Crippen LogP contribution in [0.4, 0.5) is 8.78 Å². The third-order valence-electron chi connectivity index (χ3n) is 2.68. The number of carbonyl (C=O) groups excluding carboxylic acids is 1. The van der Waals surface area contributed by atoms with Crippen LogP contribution in [0.25, 0.3) is 0 Å². The van der Waals surface area contributed by atoms with Gasteiger partial charge < -0.3 is 4.74 Å². The van der Waals surface area contributed by atoms with E-state index in [0.717, 1.165) is 11.6 Å². The van der Waals surface area contributed by atoms with Crippen LogP contribution in [0.2, 0.25) is 0 Å². The summed E-state index contributed by atoms with van der Waals surface area (Å²) in [6.45, 7) is 0.111. The zero-order valence-electron chi connectivity index (χ0n) is 10.4. The summed E-state index contributed by atoms with van der Waals surface area (Å²) in [5, 5.41) is 0. The van der Waals surface area contributed by atoms with Gasteiger partial charge in [-0.25, -0.2) is 13.6 Å². The van der Waals surface area contributed by atoms with E-state index in [1.807, 2.05) is 30.3 Å². The number of ether oxygens (including phenoxy) is 1. The molecule has 0 atom stereocenters. The molecule has 5 heteroatoms. The van der Waals surface area contributed by atoms with E-state index in [1.165, 1.54) is 12.1 Å². The van der Waals surface area contributed by atoms with Crippen LogP contribution in [0.15, 0.2) is 53.0 Å². The third-order valence-corrected chi connectivity index (χ3v) is 3.40. The Kier molecular flexibility index (Phi) is 4.84. The summed E-state index contributed by atoms with van der Waals surface area (Å²) >= 11 is 3.02. The largest absolute Gasteiger partial charge is 0.457 e. The number of alkyl halides is 2. The maximum Gasteiger partial charge on any atom is 0.338 e. The molecule has 2 nitrogen and oxygen atoms in total. The second-order valence-corrected chi connectivity index (χ2v) is 4.95. The Morgan fingerprint density at radius 3 is 2.50 bits per heavy atom. The molecule has 0 fully saturated rings. The summed E-state index contributed by atoms with van der Waals surface area (Å²) in [5.74, 6) is -0.622.